The van der Waals surface area contributed by atoms with E-state index in [1.807, 2.05) is 6.92 Å². The van der Waals surface area contributed by atoms with Crippen molar-refractivity contribution in [1.82, 2.24) is 9.71 Å². The molecule has 0 saturated heterocycles. The van der Waals surface area contributed by atoms with Crippen molar-refractivity contribution < 1.29 is 8.42 Å². The molecule has 0 fully saturated rings. The molecule has 1 unspecified atom stereocenters. The number of nitrogens with two attached hydrogens (primary N) is 1. The lowest BCUT2D eigenvalue weighted by Crippen LogP contribution is -2.33. The maximum absolute atomic E-state index is 12.0. The summed E-state index contributed by atoms with van der Waals surface area (Å²) in [6, 6.07) is 1.49. The van der Waals surface area contributed by atoms with Gasteiger partial charge < -0.3 is 10.7 Å². The third-order valence-corrected chi connectivity index (χ3v) is 4.00. The summed E-state index contributed by atoms with van der Waals surface area (Å²) < 4.78 is 26.6. The van der Waals surface area contributed by atoms with E-state index in [0.29, 0.717) is 18.2 Å². The first-order chi connectivity index (χ1) is 7.85. The Balaban J connectivity index is 2.74. The highest BCUT2D eigenvalue weighted by Gasteiger charge is 2.19. The zero-order valence-electron chi connectivity index (χ0n) is 10.5. The summed E-state index contributed by atoms with van der Waals surface area (Å²) in [4.78, 5) is 3.08. The van der Waals surface area contributed by atoms with Gasteiger partial charge in [0.05, 0.1) is 4.90 Å². The van der Waals surface area contributed by atoms with E-state index in [1.165, 1.54) is 6.20 Å². The molecule has 1 aromatic rings. The quantitative estimate of drug-likeness (QED) is 0.717. The minimum atomic E-state index is -3.43. The molecule has 98 valence electrons. The van der Waals surface area contributed by atoms with Crippen LogP contribution >= 0.6 is 0 Å². The third-order valence-electron chi connectivity index (χ3n) is 2.43. The SMILES string of the molecule is CC(C)CC(C)NS(=O)(=O)c1c[nH]c(CN)c1. The highest BCUT2D eigenvalue weighted by atomic mass is 32.2. The molecule has 0 radical (unpaired) electrons. The van der Waals surface area contributed by atoms with Crippen LogP contribution < -0.4 is 10.5 Å². The molecule has 1 atom stereocenters. The molecule has 17 heavy (non-hydrogen) atoms. The van der Waals surface area contributed by atoms with Gasteiger partial charge >= 0.3 is 0 Å². The fraction of sp³-hybridized carbons (Fsp3) is 0.636. The minimum Gasteiger partial charge on any atom is -0.363 e. The van der Waals surface area contributed by atoms with Crippen molar-refractivity contribution in [3.8, 4) is 0 Å². The molecule has 1 heterocycles. The number of rotatable bonds is 6. The van der Waals surface area contributed by atoms with Gasteiger partial charge in [0.15, 0.2) is 0 Å². The van der Waals surface area contributed by atoms with Gasteiger partial charge in [0.25, 0.3) is 0 Å². The highest BCUT2D eigenvalue weighted by Crippen LogP contribution is 2.12. The van der Waals surface area contributed by atoms with Gasteiger partial charge in [-0.15, -0.1) is 0 Å². The molecule has 0 aliphatic carbocycles. The first-order valence-electron chi connectivity index (χ1n) is 5.75. The van der Waals surface area contributed by atoms with E-state index in [0.717, 1.165) is 6.42 Å². The zero-order valence-corrected chi connectivity index (χ0v) is 11.3. The summed E-state index contributed by atoms with van der Waals surface area (Å²) in [7, 11) is -3.43. The molecule has 1 aromatic heterocycles. The van der Waals surface area contributed by atoms with Gasteiger partial charge in [0.1, 0.15) is 0 Å². The van der Waals surface area contributed by atoms with Crippen LogP contribution in [0.15, 0.2) is 17.2 Å². The summed E-state index contributed by atoms with van der Waals surface area (Å²) in [5.74, 6) is 0.457. The second-order valence-electron chi connectivity index (χ2n) is 4.72. The molecule has 0 amide bonds. The summed E-state index contributed by atoms with van der Waals surface area (Å²) in [5.41, 5.74) is 6.14. The predicted molar refractivity (Wildman–Crippen MR) is 67.9 cm³/mol. The van der Waals surface area contributed by atoms with Crippen LogP contribution in [0.5, 0.6) is 0 Å². The van der Waals surface area contributed by atoms with Crippen LogP contribution in [0.25, 0.3) is 0 Å². The first-order valence-corrected chi connectivity index (χ1v) is 7.23. The largest absolute Gasteiger partial charge is 0.363 e. The van der Waals surface area contributed by atoms with Gasteiger partial charge in [-0.05, 0) is 25.3 Å². The number of aromatic nitrogens is 1. The topological polar surface area (TPSA) is 88.0 Å². The van der Waals surface area contributed by atoms with Crippen LogP contribution in [-0.4, -0.2) is 19.4 Å². The molecule has 0 aromatic carbocycles. The Morgan fingerprint density at radius 3 is 2.53 bits per heavy atom. The summed E-state index contributed by atoms with van der Waals surface area (Å²) in [6.07, 6.45) is 2.28. The summed E-state index contributed by atoms with van der Waals surface area (Å²) >= 11 is 0. The van der Waals surface area contributed by atoms with E-state index in [1.54, 1.807) is 6.07 Å². The van der Waals surface area contributed by atoms with Gasteiger partial charge in [0, 0.05) is 24.5 Å². The molecule has 6 heteroatoms. The van der Waals surface area contributed by atoms with E-state index < -0.39 is 10.0 Å². The Labute approximate surface area is 103 Å². The molecule has 1 rings (SSSR count). The van der Waals surface area contributed by atoms with Gasteiger partial charge in [-0.3, -0.25) is 0 Å². The predicted octanol–water partition coefficient (Wildman–Crippen LogP) is 1.19. The van der Waals surface area contributed by atoms with Crippen LogP contribution in [-0.2, 0) is 16.6 Å². The van der Waals surface area contributed by atoms with Crippen molar-refractivity contribution in [2.24, 2.45) is 11.7 Å². The number of hydrogen-bond donors (Lipinski definition) is 3. The monoisotopic (exact) mass is 259 g/mol. The van der Waals surface area contributed by atoms with Crippen LogP contribution in [0.2, 0.25) is 0 Å². The fourth-order valence-corrected chi connectivity index (χ4v) is 3.05. The summed E-state index contributed by atoms with van der Waals surface area (Å²) in [6.45, 7) is 6.30. The van der Waals surface area contributed by atoms with Crippen molar-refractivity contribution in [2.45, 2.75) is 44.7 Å². The summed E-state index contributed by atoms with van der Waals surface area (Å²) in [5, 5.41) is 0. The molecule has 5 nitrogen and oxygen atoms in total. The van der Waals surface area contributed by atoms with E-state index in [-0.39, 0.29) is 10.9 Å². The van der Waals surface area contributed by atoms with Gasteiger partial charge in [-0.1, -0.05) is 13.8 Å². The number of H-pyrrole nitrogens is 1. The molecular formula is C11H21N3O2S. The smallest absolute Gasteiger partial charge is 0.242 e. The van der Waals surface area contributed by atoms with Crippen LogP contribution in [0, 0.1) is 5.92 Å². The molecule has 4 N–H and O–H groups in total. The molecular weight excluding hydrogens is 238 g/mol. The van der Waals surface area contributed by atoms with Crippen LogP contribution in [0.1, 0.15) is 32.9 Å². The van der Waals surface area contributed by atoms with E-state index in [4.69, 9.17) is 5.73 Å². The van der Waals surface area contributed by atoms with Crippen LogP contribution in [0.3, 0.4) is 0 Å². The Kier molecular flexibility index (Phi) is 4.73. The Bertz CT molecular complexity index is 451. The van der Waals surface area contributed by atoms with Gasteiger partial charge in [0.2, 0.25) is 10.0 Å². The van der Waals surface area contributed by atoms with E-state index in [9.17, 15) is 8.42 Å². The van der Waals surface area contributed by atoms with Crippen molar-refractivity contribution in [3.63, 3.8) is 0 Å². The molecule has 0 aliphatic heterocycles. The van der Waals surface area contributed by atoms with E-state index >= 15 is 0 Å². The standard InChI is InChI=1S/C11H21N3O2S/c1-8(2)4-9(3)14-17(15,16)11-5-10(6-12)13-7-11/h5,7-9,13-14H,4,6,12H2,1-3H3. The van der Waals surface area contributed by atoms with Crippen molar-refractivity contribution >= 4 is 10.0 Å². The zero-order chi connectivity index (χ0) is 13.1. The lowest BCUT2D eigenvalue weighted by molar-refractivity contribution is 0.482. The number of nitrogens with one attached hydrogen (secondary N) is 2. The molecule has 0 spiro atoms. The van der Waals surface area contributed by atoms with Crippen molar-refractivity contribution in [1.29, 1.82) is 0 Å². The number of aromatic amines is 1. The number of hydrogen-bond acceptors (Lipinski definition) is 3. The van der Waals surface area contributed by atoms with Gasteiger partial charge in [-0.25, -0.2) is 13.1 Å². The second-order valence-corrected chi connectivity index (χ2v) is 6.43. The average molecular weight is 259 g/mol. The highest BCUT2D eigenvalue weighted by molar-refractivity contribution is 7.89. The Morgan fingerprint density at radius 1 is 1.41 bits per heavy atom. The normalized spacial score (nSPS) is 14.2. The third kappa shape index (κ3) is 4.14. The fourth-order valence-electron chi connectivity index (χ4n) is 1.78. The lowest BCUT2D eigenvalue weighted by Gasteiger charge is -2.15. The van der Waals surface area contributed by atoms with Crippen molar-refractivity contribution in [2.75, 3.05) is 0 Å². The van der Waals surface area contributed by atoms with Crippen LogP contribution in [0.4, 0.5) is 0 Å². The average Bonchev–Trinajstić information content (AvgIpc) is 2.63. The number of sulfonamides is 1. The second kappa shape index (κ2) is 5.66. The Morgan fingerprint density at radius 2 is 2.06 bits per heavy atom. The minimum absolute atomic E-state index is 0.0729. The molecule has 0 saturated carbocycles. The molecule has 0 aliphatic rings. The molecule has 0 bridgehead atoms. The first kappa shape index (κ1) is 14.2. The maximum Gasteiger partial charge on any atom is 0.242 e. The van der Waals surface area contributed by atoms with Gasteiger partial charge in [-0.2, -0.15) is 0 Å². The van der Waals surface area contributed by atoms with E-state index in [2.05, 4.69) is 23.6 Å². The maximum atomic E-state index is 12.0. The Hall–Kier alpha value is -0.850. The van der Waals surface area contributed by atoms with Crippen molar-refractivity contribution in [3.05, 3.63) is 18.0 Å². The lowest BCUT2D eigenvalue weighted by atomic mass is 10.1.